The van der Waals surface area contributed by atoms with Gasteiger partial charge in [-0.3, -0.25) is 9.59 Å². The van der Waals surface area contributed by atoms with Crippen LogP contribution in [-0.4, -0.2) is 39.5 Å². The molecule has 1 unspecified atom stereocenters. The molecule has 1 aliphatic heterocycles. The van der Waals surface area contributed by atoms with Gasteiger partial charge in [-0.25, -0.2) is 0 Å². The summed E-state index contributed by atoms with van der Waals surface area (Å²) in [7, 11) is 0. The number of aromatic nitrogens is 1. The van der Waals surface area contributed by atoms with Gasteiger partial charge in [-0.2, -0.15) is 0 Å². The number of benzene rings is 1. The fourth-order valence-electron chi connectivity index (χ4n) is 3.12. The zero-order chi connectivity index (χ0) is 15.5. The molecule has 5 nitrogen and oxygen atoms in total. The molecule has 3 rings (SSSR count). The minimum absolute atomic E-state index is 0.0451. The van der Waals surface area contributed by atoms with E-state index in [1.54, 1.807) is 4.90 Å². The molecule has 1 aromatic carbocycles. The van der Waals surface area contributed by atoms with Crippen LogP contribution in [0.3, 0.4) is 0 Å². The monoisotopic (exact) mass is 300 g/mol. The normalized spacial score (nSPS) is 18.5. The molecule has 1 aliphatic rings. The number of aryl methyl sites for hydroxylation is 1. The highest BCUT2D eigenvalue weighted by molar-refractivity contribution is 5.81. The zero-order valence-corrected chi connectivity index (χ0v) is 12.4. The standard InChI is InChI=1S/C17H20N2O3/c20-16(19-9-3-5-14(12-19)17(21)22)8-11-18-10-7-13-4-1-2-6-15(13)18/h1-2,4,6-7,10,14H,3,5,8-9,11-12H2,(H,21,22). The Kier molecular flexibility index (Phi) is 4.13. The maximum Gasteiger partial charge on any atom is 0.308 e. The molecule has 2 aromatic rings. The van der Waals surface area contributed by atoms with Gasteiger partial charge in [-0.1, -0.05) is 18.2 Å². The molecule has 1 aromatic heterocycles. The van der Waals surface area contributed by atoms with E-state index in [-0.39, 0.29) is 5.91 Å². The van der Waals surface area contributed by atoms with E-state index < -0.39 is 11.9 Å². The lowest BCUT2D eigenvalue weighted by Gasteiger charge is -2.30. The van der Waals surface area contributed by atoms with Crippen LogP contribution in [0.2, 0.25) is 0 Å². The summed E-state index contributed by atoms with van der Waals surface area (Å²) >= 11 is 0. The quantitative estimate of drug-likeness (QED) is 0.943. The molecule has 2 heterocycles. The first-order valence-electron chi connectivity index (χ1n) is 7.69. The predicted molar refractivity (Wildman–Crippen MR) is 83.5 cm³/mol. The van der Waals surface area contributed by atoms with Crippen molar-refractivity contribution < 1.29 is 14.7 Å². The molecule has 0 saturated carbocycles. The van der Waals surface area contributed by atoms with Crippen molar-refractivity contribution in [2.45, 2.75) is 25.8 Å². The van der Waals surface area contributed by atoms with E-state index in [0.29, 0.717) is 32.5 Å². The predicted octanol–water partition coefficient (Wildman–Crippen LogP) is 2.35. The molecule has 1 N–H and O–H groups in total. The van der Waals surface area contributed by atoms with Gasteiger partial charge < -0.3 is 14.6 Å². The molecule has 0 spiro atoms. The highest BCUT2D eigenvalue weighted by Gasteiger charge is 2.27. The lowest BCUT2D eigenvalue weighted by molar-refractivity contribution is -0.145. The van der Waals surface area contributed by atoms with Crippen LogP contribution in [0.15, 0.2) is 36.5 Å². The summed E-state index contributed by atoms with van der Waals surface area (Å²) in [5, 5.41) is 10.3. The first-order valence-corrected chi connectivity index (χ1v) is 7.69. The van der Waals surface area contributed by atoms with Crippen LogP contribution in [0, 0.1) is 5.92 Å². The Morgan fingerprint density at radius 2 is 2.05 bits per heavy atom. The van der Waals surface area contributed by atoms with E-state index in [2.05, 4.69) is 10.6 Å². The van der Waals surface area contributed by atoms with Crippen molar-refractivity contribution in [1.82, 2.24) is 9.47 Å². The largest absolute Gasteiger partial charge is 0.481 e. The number of carbonyl (C=O) groups excluding carboxylic acids is 1. The van der Waals surface area contributed by atoms with E-state index in [1.165, 1.54) is 5.39 Å². The first kappa shape index (κ1) is 14.6. The number of rotatable bonds is 4. The summed E-state index contributed by atoms with van der Waals surface area (Å²) in [6, 6.07) is 10.1. The average Bonchev–Trinajstić information content (AvgIpc) is 2.96. The van der Waals surface area contributed by atoms with Gasteiger partial charge in [0.25, 0.3) is 0 Å². The number of hydrogen-bond donors (Lipinski definition) is 1. The Labute approximate surface area is 129 Å². The highest BCUT2D eigenvalue weighted by Crippen LogP contribution is 2.19. The summed E-state index contributed by atoms with van der Waals surface area (Å²) < 4.78 is 2.08. The number of likely N-dealkylation sites (tertiary alicyclic amines) is 1. The second-order valence-corrected chi connectivity index (χ2v) is 5.84. The summed E-state index contributed by atoms with van der Waals surface area (Å²) in [5.74, 6) is -1.16. The Morgan fingerprint density at radius 1 is 1.23 bits per heavy atom. The third-order valence-electron chi connectivity index (χ3n) is 4.37. The number of piperidine rings is 1. The summed E-state index contributed by atoms with van der Waals surface area (Å²) in [4.78, 5) is 25.1. The van der Waals surface area contributed by atoms with Crippen molar-refractivity contribution >= 4 is 22.8 Å². The van der Waals surface area contributed by atoms with Crippen LogP contribution in [0.5, 0.6) is 0 Å². The number of hydrogen-bond acceptors (Lipinski definition) is 2. The minimum Gasteiger partial charge on any atom is -0.481 e. The summed E-state index contributed by atoms with van der Waals surface area (Å²) in [5.41, 5.74) is 1.12. The second-order valence-electron chi connectivity index (χ2n) is 5.84. The molecule has 0 bridgehead atoms. The second kappa shape index (κ2) is 6.22. The van der Waals surface area contributed by atoms with Gasteiger partial charge in [0.05, 0.1) is 5.92 Å². The van der Waals surface area contributed by atoms with E-state index >= 15 is 0 Å². The van der Waals surface area contributed by atoms with Crippen molar-refractivity contribution in [3.05, 3.63) is 36.5 Å². The molecule has 1 amide bonds. The highest BCUT2D eigenvalue weighted by atomic mass is 16.4. The van der Waals surface area contributed by atoms with Crippen LogP contribution in [0.25, 0.3) is 10.9 Å². The maximum absolute atomic E-state index is 12.3. The van der Waals surface area contributed by atoms with Crippen molar-refractivity contribution in [2.24, 2.45) is 5.92 Å². The molecular weight excluding hydrogens is 280 g/mol. The lowest BCUT2D eigenvalue weighted by atomic mass is 9.98. The smallest absolute Gasteiger partial charge is 0.308 e. The number of carboxylic acid groups (broad SMARTS) is 1. The van der Waals surface area contributed by atoms with Gasteiger partial charge in [0, 0.05) is 37.8 Å². The molecule has 1 fully saturated rings. The molecule has 22 heavy (non-hydrogen) atoms. The van der Waals surface area contributed by atoms with Crippen LogP contribution >= 0.6 is 0 Å². The van der Waals surface area contributed by atoms with Crippen molar-refractivity contribution in [2.75, 3.05) is 13.1 Å². The van der Waals surface area contributed by atoms with E-state index in [4.69, 9.17) is 5.11 Å². The van der Waals surface area contributed by atoms with Gasteiger partial charge in [0.2, 0.25) is 5.91 Å². The Hall–Kier alpha value is -2.30. The number of carbonyl (C=O) groups is 2. The summed E-state index contributed by atoms with van der Waals surface area (Å²) in [6.07, 6.45) is 3.84. The number of amides is 1. The number of nitrogens with zero attached hydrogens (tertiary/aromatic N) is 2. The van der Waals surface area contributed by atoms with Crippen LogP contribution in [0.1, 0.15) is 19.3 Å². The van der Waals surface area contributed by atoms with Gasteiger partial charge in [-0.15, -0.1) is 0 Å². The SMILES string of the molecule is O=C(O)C1CCCN(C(=O)CCn2ccc3ccccc32)C1. The number of para-hydroxylation sites is 1. The van der Waals surface area contributed by atoms with Gasteiger partial charge in [-0.05, 0) is 30.4 Å². The van der Waals surface area contributed by atoms with Crippen molar-refractivity contribution in [1.29, 1.82) is 0 Å². The zero-order valence-electron chi connectivity index (χ0n) is 12.4. The molecule has 5 heteroatoms. The van der Waals surface area contributed by atoms with Crippen LogP contribution in [-0.2, 0) is 16.1 Å². The Morgan fingerprint density at radius 3 is 2.86 bits per heavy atom. The minimum atomic E-state index is -0.797. The fraction of sp³-hybridized carbons (Fsp3) is 0.412. The van der Waals surface area contributed by atoms with E-state index in [9.17, 15) is 9.59 Å². The van der Waals surface area contributed by atoms with E-state index in [1.807, 2.05) is 30.5 Å². The van der Waals surface area contributed by atoms with Crippen LogP contribution < -0.4 is 0 Å². The van der Waals surface area contributed by atoms with Gasteiger partial charge in [0.15, 0.2) is 0 Å². The maximum atomic E-state index is 12.3. The number of aliphatic carboxylic acids is 1. The van der Waals surface area contributed by atoms with Gasteiger partial charge in [0.1, 0.15) is 0 Å². The topological polar surface area (TPSA) is 62.5 Å². The number of carboxylic acids is 1. The Bertz CT molecular complexity index is 692. The third-order valence-corrected chi connectivity index (χ3v) is 4.37. The molecule has 0 radical (unpaired) electrons. The molecule has 0 aliphatic carbocycles. The third kappa shape index (κ3) is 2.98. The molecule has 116 valence electrons. The average molecular weight is 300 g/mol. The first-order chi connectivity index (χ1) is 10.6. The molecule has 1 saturated heterocycles. The summed E-state index contributed by atoms with van der Waals surface area (Å²) in [6.45, 7) is 1.65. The van der Waals surface area contributed by atoms with Gasteiger partial charge >= 0.3 is 5.97 Å². The van der Waals surface area contributed by atoms with Crippen LogP contribution in [0.4, 0.5) is 0 Å². The lowest BCUT2D eigenvalue weighted by Crippen LogP contribution is -2.42. The van der Waals surface area contributed by atoms with E-state index in [0.717, 1.165) is 11.9 Å². The Balaban J connectivity index is 1.61. The number of fused-ring (bicyclic) bond motifs is 1. The molecule has 1 atom stereocenters. The fourth-order valence-corrected chi connectivity index (χ4v) is 3.12. The van der Waals surface area contributed by atoms with Crippen molar-refractivity contribution in [3.63, 3.8) is 0 Å². The molecular formula is C17H20N2O3. The van der Waals surface area contributed by atoms with Crippen molar-refractivity contribution in [3.8, 4) is 0 Å².